The topological polar surface area (TPSA) is 116 Å². The molecule has 0 radical (unpaired) electrons. The lowest BCUT2D eigenvalue weighted by atomic mass is 9.79. The molecule has 0 bridgehead atoms. The van der Waals surface area contributed by atoms with Crippen LogP contribution in [0, 0.1) is 17.8 Å². The molecule has 0 aromatic rings. The van der Waals surface area contributed by atoms with Crippen LogP contribution < -0.4 is 5.32 Å². The van der Waals surface area contributed by atoms with Gasteiger partial charge >= 0.3 is 11.9 Å². The summed E-state index contributed by atoms with van der Waals surface area (Å²) in [6.07, 6.45) is -0.810. The first-order valence-electron chi connectivity index (χ1n) is 9.30. The molecule has 0 aromatic heterocycles. The maximum atomic E-state index is 12.7. The van der Waals surface area contributed by atoms with Crippen LogP contribution in [0.3, 0.4) is 0 Å². The molecule has 1 saturated heterocycles. The zero-order valence-electron chi connectivity index (χ0n) is 15.3. The molecular weight excluding hydrogens is 350 g/mol. The number of hydrogen-bond donors (Lipinski definition) is 4. The number of aliphatic hydroxyl groups is 2. The normalized spacial score (nSPS) is 39.0. The van der Waals surface area contributed by atoms with E-state index in [4.69, 9.17) is 4.74 Å². The van der Waals surface area contributed by atoms with Gasteiger partial charge in [0.05, 0.1) is 18.1 Å². The summed E-state index contributed by atoms with van der Waals surface area (Å²) in [6, 6.07) is -0.453. The van der Waals surface area contributed by atoms with Crippen LogP contribution in [0.2, 0.25) is 0 Å². The first-order chi connectivity index (χ1) is 12.7. The summed E-state index contributed by atoms with van der Waals surface area (Å²) >= 11 is 0. The Kier molecular flexibility index (Phi) is 5.55. The minimum atomic E-state index is -1.26. The van der Waals surface area contributed by atoms with Gasteiger partial charge in [-0.1, -0.05) is 25.3 Å². The fourth-order valence-electron chi connectivity index (χ4n) is 4.69. The van der Waals surface area contributed by atoms with Crippen LogP contribution in [0.5, 0.6) is 0 Å². The SMILES string of the molecule is C=C1CC(O)C(C(=C)C(=O)O)C(OC(=O)C2CCCN2)C2C(=C)C(O)CC12. The highest BCUT2D eigenvalue weighted by atomic mass is 16.5. The number of nitrogens with one attached hydrogen (secondary N) is 1. The molecule has 27 heavy (non-hydrogen) atoms. The van der Waals surface area contributed by atoms with Crippen molar-refractivity contribution in [2.45, 2.75) is 50.0 Å². The van der Waals surface area contributed by atoms with Crippen molar-refractivity contribution >= 4 is 11.9 Å². The molecule has 2 aliphatic carbocycles. The number of carboxylic acids is 1. The predicted octanol–water partition coefficient (Wildman–Crippen LogP) is 0.781. The fourth-order valence-corrected chi connectivity index (χ4v) is 4.69. The summed E-state index contributed by atoms with van der Waals surface area (Å²) < 4.78 is 5.79. The van der Waals surface area contributed by atoms with E-state index < -0.39 is 48.1 Å². The van der Waals surface area contributed by atoms with E-state index in [1.54, 1.807) is 0 Å². The molecular formula is C20H27NO6. The Labute approximate surface area is 158 Å². The molecule has 2 saturated carbocycles. The molecule has 0 spiro atoms. The number of aliphatic carboxylic acids is 1. The largest absolute Gasteiger partial charge is 0.478 e. The van der Waals surface area contributed by atoms with Gasteiger partial charge < -0.3 is 25.4 Å². The maximum absolute atomic E-state index is 12.7. The van der Waals surface area contributed by atoms with Gasteiger partial charge in [-0.15, -0.1) is 0 Å². The van der Waals surface area contributed by atoms with Crippen LogP contribution in [-0.2, 0) is 14.3 Å². The number of rotatable bonds is 4. The summed E-state index contributed by atoms with van der Waals surface area (Å²) in [7, 11) is 0. The van der Waals surface area contributed by atoms with Crippen molar-refractivity contribution in [3.05, 3.63) is 36.5 Å². The van der Waals surface area contributed by atoms with Crippen molar-refractivity contribution in [3.63, 3.8) is 0 Å². The Morgan fingerprint density at radius 1 is 1.22 bits per heavy atom. The van der Waals surface area contributed by atoms with Crippen LogP contribution in [-0.4, -0.2) is 58.2 Å². The van der Waals surface area contributed by atoms with Crippen LogP contribution >= 0.6 is 0 Å². The molecule has 7 atom stereocenters. The first kappa shape index (κ1) is 19.8. The molecule has 7 heteroatoms. The monoisotopic (exact) mass is 377 g/mol. The lowest BCUT2D eigenvalue weighted by molar-refractivity contribution is -0.159. The van der Waals surface area contributed by atoms with Crippen LogP contribution in [0.4, 0.5) is 0 Å². The average Bonchev–Trinajstić information content (AvgIpc) is 3.21. The van der Waals surface area contributed by atoms with Gasteiger partial charge in [-0.2, -0.15) is 0 Å². The van der Waals surface area contributed by atoms with E-state index in [-0.39, 0.29) is 17.9 Å². The third kappa shape index (κ3) is 3.59. The Balaban J connectivity index is 1.99. The molecule has 3 fully saturated rings. The standard InChI is InChI=1S/C20H27NO6/c1-9-7-15(23)17(11(3)19(24)25)18(16-10(2)14(22)8-12(9)16)27-20(26)13-5-4-6-21-13/h12-18,21-23H,1-8H2,(H,24,25). The van der Waals surface area contributed by atoms with Gasteiger partial charge in [-0.3, -0.25) is 4.79 Å². The zero-order valence-corrected chi connectivity index (χ0v) is 15.3. The number of carboxylic acid groups (broad SMARTS) is 1. The second kappa shape index (κ2) is 7.58. The van der Waals surface area contributed by atoms with Crippen molar-refractivity contribution in [2.24, 2.45) is 17.8 Å². The van der Waals surface area contributed by atoms with Crippen LogP contribution in [0.15, 0.2) is 36.5 Å². The molecule has 4 N–H and O–H groups in total. The lowest BCUT2D eigenvalue weighted by Crippen LogP contribution is -2.45. The van der Waals surface area contributed by atoms with Gasteiger partial charge in [-0.25, -0.2) is 4.79 Å². The van der Waals surface area contributed by atoms with Crippen LogP contribution in [0.25, 0.3) is 0 Å². The minimum Gasteiger partial charge on any atom is -0.478 e. The van der Waals surface area contributed by atoms with Crippen molar-refractivity contribution < 1.29 is 29.6 Å². The molecule has 1 aliphatic heterocycles. The fraction of sp³-hybridized carbons (Fsp3) is 0.600. The molecule has 3 rings (SSSR count). The number of carbonyl (C=O) groups excluding carboxylic acids is 1. The molecule has 0 aromatic carbocycles. The predicted molar refractivity (Wildman–Crippen MR) is 97.7 cm³/mol. The molecule has 0 amide bonds. The Bertz CT molecular complexity index is 680. The van der Waals surface area contributed by atoms with Crippen molar-refractivity contribution in [1.82, 2.24) is 5.32 Å². The smallest absolute Gasteiger partial charge is 0.331 e. The average molecular weight is 377 g/mol. The Morgan fingerprint density at radius 3 is 2.52 bits per heavy atom. The molecule has 1 heterocycles. The van der Waals surface area contributed by atoms with Gasteiger partial charge in [0.25, 0.3) is 0 Å². The van der Waals surface area contributed by atoms with Gasteiger partial charge in [0.1, 0.15) is 12.1 Å². The molecule has 3 aliphatic rings. The minimum absolute atomic E-state index is 0.161. The van der Waals surface area contributed by atoms with E-state index in [1.807, 2.05) is 0 Å². The maximum Gasteiger partial charge on any atom is 0.331 e. The molecule has 148 valence electrons. The van der Waals surface area contributed by atoms with E-state index in [0.29, 0.717) is 30.5 Å². The summed E-state index contributed by atoms with van der Waals surface area (Å²) in [6.45, 7) is 12.3. The number of esters is 1. The molecule has 7 unspecified atom stereocenters. The number of carbonyl (C=O) groups is 2. The number of fused-ring (bicyclic) bond motifs is 1. The summed E-state index contributed by atoms with van der Waals surface area (Å²) in [4.78, 5) is 24.3. The van der Waals surface area contributed by atoms with E-state index in [0.717, 1.165) is 6.42 Å². The van der Waals surface area contributed by atoms with Gasteiger partial charge in [0.2, 0.25) is 0 Å². The van der Waals surface area contributed by atoms with Gasteiger partial charge in [0, 0.05) is 11.5 Å². The van der Waals surface area contributed by atoms with E-state index >= 15 is 0 Å². The first-order valence-corrected chi connectivity index (χ1v) is 9.30. The summed E-state index contributed by atoms with van der Waals surface area (Å²) in [5, 5.41) is 33.6. The van der Waals surface area contributed by atoms with Crippen molar-refractivity contribution in [2.75, 3.05) is 6.54 Å². The Hall–Kier alpha value is -1.96. The highest BCUT2D eigenvalue weighted by Crippen LogP contribution is 2.50. The second-order valence-electron chi connectivity index (χ2n) is 7.80. The van der Waals surface area contributed by atoms with Gasteiger partial charge in [-0.05, 0) is 43.7 Å². The van der Waals surface area contributed by atoms with E-state index in [1.165, 1.54) is 0 Å². The molecule has 7 nitrogen and oxygen atoms in total. The summed E-state index contributed by atoms with van der Waals surface area (Å²) in [5.41, 5.74) is 0.962. The van der Waals surface area contributed by atoms with Crippen LogP contribution in [0.1, 0.15) is 25.7 Å². The highest BCUT2D eigenvalue weighted by Gasteiger charge is 2.52. The summed E-state index contributed by atoms with van der Waals surface area (Å²) in [5.74, 6) is -3.47. The van der Waals surface area contributed by atoms with Gasteiger partial charge in [0.15, 0.2) is 0 Å². The zero-order chi connectivity index (χ0) is 19.9. The second-order valence-corrected chi connectivity index (χ2v) is 7.80. The third-order valence-electron chi connectivity index (χ3n) is 6.16. The number of aliphatic hydroxyl groups excluding tert-OH is 2. The number of hydrogen-bond acceptors (Lipinski definition) is 6. The quantitative estimate of drug-likeness (QED) is 0.325. The Morgan fingerprint density at radius 2 is 1.93 bits per heavy atom. The van der Waals surface area contributed by atoms with E-state index in [2.05, 4.69) is 25.1 Å². The van der Waals surface area contributed by atoms with Crippen molar-refractivity contribution in [1.29, 1.82) is 0 Å². The number of ether oxygens (including phenoxy) is 1. The van der Waals surface area contributed by atoms with E-state index in [9.17, 15) is 24.9 Å². The highest BCUT2D eigenvalue weighted by molar-refractivity contribution is 5.87. The third-order valence-corrected chi connectivity index (χ3v) is 6.16. The lowest BCUT2D eigenvalue weighted by Gasteiger charge is -2.34. The van der Waals surface area contributed by atoms with Crippen molar-refractivity contribution in [3.8, 4) is 0 Å².